The first kappa shape index (κ1) is 25.7. The Balaban J connectivity index is 1.38. The fraction of sp³-hybridized carbons (Fsp3) is 0. The van der Waals surface area contributed by atoms with Crippen LogP contribution in [0.2, 0.25) is 0 Å². The molecule has 0 bridgehead atoms. The van der Waals surface area contributed by atoms with Crippen LogP contribution in [0.25, 0.3) is 77.7 Å². The van der Waals surface area contributed by atoms with E-state index in [1.807, 2.05) is 55.0 Å². The first-order chi connectivity index (χ1) is 21.8. The first-order valence-electron chi connectivity index (χ1n) is 14.6. The largest absolute Gasteiger partial charge is 0.256 e. The fourth-order valence-electron chi connectivity index (χ4n) is 6.01. The minimum Gasteiger partial charge on any atom is -0.256 e. The summed E-state index contributed by atoms with van der Waals surface area (Å²) in [5.41, 5.74) is 10.2. The first-order valence-corrected chi connectivity index (χ1v) is 14.6. The molecule has 8 rings (SSSR count). The third-order valence-corrected chi connectivity index (χ3v) is 8.09. The third-order valence-electron chi connectivity index (χ3n) is 8.09. The number of hydrogen-bond acceptors (Lipinski definition) is 4. The molecule has 44 heavy (non-hydrogen) atoms. The van der Waals surface area contributed by atoms with Crippen LogP contribution in [-0.4, -0.2) is 19.9 Å². The Morgan fingerprint density at radius 3 is 1.55 bits per heavy atom. The molecule has 206 valence electrons. The van der Waals surface area contributed by atoms with E-state index in [1.165, 1.54) is 5.56 Å². The van der Waals surface area contributed by atoms with Crippen molar-refractivity contribution in [2.24, 2.45) is 0 Å². The molecule has 0 fully saturated rings. The maximum atomic E-state index is 5.02. The summed E-state index contributed by atoms with van der Waals surface area (Å²) in [4.78, 5) is 18.9. The van der Waals surface area contributed by atoms with Gasteiger partial charge in [0.2, 0.25) is 0 Å². The van der Waals surface area contributed by atoms with Crippen LogP contribution in [0, 0.1) is 0 Å². The van der Waals surface area contributed by atoms with Gasteiger partial charge < -0.3 is 0 Å². The highest BCUT2D eigenvalue weighted by Crippen LogP contribution is 2.44. The van der Waals surface area contributed by atoms with Gasteiger partial charge in [0.05, 0.1) is 22.8 Å². The summed E-state index contributed by atoms with van der Waals surface area (Å²) in [7, 11) is 0. The van der Waals surface area contributed by atoms with E-state index in [1.54, 1.807) is 6.20 Å². The second-order valence-electron chi connectivity index (χ2n) is 10.7. The molecule has 0 radical (unpaired) electrons. The van der Waals surface area contributed by atoms with Crippen molar-refractivity contribution in [1.82, 2.24) is 19.9 Å². The second-order valence-corrected chi connectivity index (χ2v) is 10.7. The van der Waals surface area contributed by atoms with Gasteiger partial charge in [0.1, 0.15) is 0 Å². The lowest BCUT2D eigenvalue weighted by Gasteiger charge is -2.18. The normalized spacial score (nSPS) is 11.2. The molecule has 0 atom stereocenters. The SMILES string of the molecule is c1ccc(-c2ccc3c(-c4ccc(-c5ccccn5)nc4)c4ccccc4c(-c4ccc(-c5ccccn5)cn4)c3c2)cc1. The molecule has 4 nitrogen and oxygen atoms in total. The topological polar surface area (TPSA) is 51.6 Å². The Morgan fingerprint density at radius 2 is 0.864 bits per heavy atom. The highest BCUT2D eigenvalue weighted by Gasteiger charge is 2.19. The molecule has 4 heterocycles. The lowest BCUT2D eigenvalue weighted by Crippen LogP contribution is -1.94. The van der Waals surface area contributed by atoms with Gasteiger partial charge in [-0.15, -0.1) is 0 Å². The van der Waals surface area contributed by atoms with Crippen molar-refractivity contribution in [2.45, 2.75) is 0 Å². The van der Waals surface area contributed by atoms with Crippen molar-refractivity contribution in [1.29, 1.82) is 0 Å². The quantitative estimate of drug-likeness (QED) is 0.196. The molecular weight excluding hydrogens is 536 g/mol. The maximum Gasteiger partial charge on any atom is 0.0886 e. The third kappa shape index (κ3) is 4.59. The Labute approximate surface area is 255 Å². The van der Waals surface area contributed by atoms with Gasteiger partial charge in [-0.3, -0.25) is 19.9 Å². The number of rotatable bonds is 5. The highest BCUT2D eigenvalue weighted by molar-refractivity contribution is 6.21. The zero-order valence-corrected chi connectivity index (χ0v) is 23.8. The standard InChI is InChI=1S/C40H26N4/c1-2-10-27(11-3-1)28-16-19-33-34(24-28)40(38-21-17-29(25-44-38)35-14-6-8-22-41-35)32-13-5-4-12-31(32)39(33)30-18-20-37(43-26-30)36-15-7-9-23-42-36/h1-26H. The minimum atomic E-state index is 0.850. The van der Waals surface area contributed by atoms with Crippen LogP contribution < -0.4 is 0 Å². The summed E-state index contributed by atoms with van der Waals surface area (Å²) in [6.07, 6.45) is 7.50. The molecule has 0 aliphatic rings. The number of hydrogen-bond donors (Lipinski definition) is 0. The summed E-state index contributed by atoms with van der Waals surface area (Å²) < 4.78 is 0. The van der Waals surface area contributed by atoms with Gasteiger partial charge in [-0.1, -0.05) is 84.9 Å². The average molecular weight is 563 g/mol. The molecule has 0 amide bonds. The summed E-state index contributed by atoms with van der Waals surface area (Å²) in [6, 6.07) is 46.2. The van der Waals surface area contributed by atoms with Gasteiger partial charge in [-0.2, -0.15) is 0 Å². The van der Waals surface area contributed by atoms with Crippen LogP contribution >= 0.6 is 0 Å². The summed E-state index contributed by atoms with van der Waals surface area (Å²) in [5, 5.41) is 4.60. The van der Waals surface area contributed by atoms with E-state index in [0.717, 1.165) is 72.1 Å². The predicted octanol–water partition coefficient (Wildman–Crippen LogP) is 9.91. The molecule has 0 saturated carbocycles. The van der Waals surface area contributed by atoms with E-state index < -0.39 is 0 Å². The van der Waals surface area contributed by atoms with Crippen molar-refractivity contribution >= 4 is 21.5 Å². The molecule has 4 heteroatoms. The van der Waals surface area contributed by atoms with Gasteiger partial charge >= 0.3 is 0 Å². The van der Waals surface area contributed by atoms with Crippen LogP contribution in [0.15, 0.2) is 158 Å². The molecule has 0 aliphatic carbocycles. The molecular formula is C40H26N4. The van der Waals surface area contributed by atoms with Crippen LogP contribution in [-0.2, 0) is 0 Å². The maximum absolute atomic E-state index is 5.02. The van der Waals surface area contributed by atoms with Crippen molar-refractivity contribution in [3.05, 3.63) is 158 Å². The van der Waals surface area contributed by atoms with Gasteiger partial charge in [0.15, 0.2) is 0 Å². The Kier molecular flexibility index (Phi) is 6.43. The number of fused-ring (bicyclic) bond motifs is 2. The lowest BCUT2D eigenvalue weighted by molar-refractivity contribution is 1.25. The Bertz CT molecular complexity index is 2230. The van der Waals surface area contributed by atoms with E-state index in [2.05, 4.69) is 107 Å². The fourth-order valence-corrected chi connectivity index (χ4v) is 6.01. The van der Waals surface area contributed by atoms with Crippen molar-refractivity contribution in [3.8, 4) is 56.2 Å². The minimum absolute atomic E-state index is 0.850. The zero-order valence-electron chi connectivity index (χ0n) is 23.8. The predicted molar refractivity (Wildman–Crippen MR) is 180 cm³/mol. The van der Waals surface area contributed by atoms with E-state index in [0.29, 0.717) is 0 Å². The molecule has 0 saturated heterocycles. The molecule has 4 aromatic heterocycles. The number of aromatic nitrogens is 4. The number of pyridine rings is 4. The molecule has 0 aliphatic heterocycles. The zero-order chi connectivity index (χ0) is 29.3. The van der Waals surface area contributed by atoms with E-state index in [9.17, 15) is 0 Å². The summed E-state index contributed by atoms with van der Waals surface area (Å²) in [5.74, 6) is 0. The van der Waals surface area contributed by atoms with E-state index in [-0.39, 0.29) is 0 Å². The summed E-state index contributed by atoms with van der Waals surface area (Å²) >= 11 is 0. The summed E-state index contributed by atoms with van der Waals surface area (Å²) in [6.45, 7) is 0. The van der Waals surface area contributed by atoms with E-state index >= 15 is 0 Å². The van der Waals surface area contributed by atoms with Crippen molar-refractivity contribution in [3.63, 3.8) is 0 Å². The smallest absolute Gasteiger partial charge is 0.0886 e. The van der Waals surface area contributed by atoms with Crippen molar-refractivity contribution < 1.29 is 0 Å². The van der Waals surface area contributed by atoms with Crippen LogP contribution in [0.5, 0.6) is 0 Å². The Morgan fingerprint density at radius 1 is 0.295 bits per heavy atom. The van der Waals surface area contributed by atoms with Crippen LogP contribution in [0.4, 0.5) is 0 Å². The second kappa shape index (κ2) is 11.0. The van der Waals surface area contributed by atoms with Crippen LogP contribution in [0.1, 0.15) is 0 Å². The average Bonchev–Trinajstić information content (AvgIpc) is 3.12. The molecule has 0 unspecified atom stereocenters. The molecule has 4 aromatic carbocycles. The monoisotopic (exact) mass is 562 g/mol. The Hall–Kier alpha value is -6.00. The number of nitrogens with zero attached hydrogens (tertiary/aromatic N) is 4. The van der Waals surface area contributed by atoms with Gasteiger partial charge in [0.25, 0.3) is 0 Å². The molecule has 8 aromatic rings. The highest BCUT2D eigenvalue weighted by atomic mass is 14.8. The van der Waals surface area contributed by atoms with Crippen LogP contribution in [0.3, 0.4) is 0 Å². The lowest BCUT2D eigenvalue weighted by atomic mass is 9.86. The molecule has 0 spiro atoms. The number of benzene rings is 4. The van der Waals surface area contributed by atoms with Gasteiger partial charge in [0, 0.05) is 41.5 Å². The van der Waals surface area contributed by atoms with Crippen molar-refractivity contribution in [2.75, 3.05) is 0 Å². The molecule has 0 N–H and O–H groups in total. The van der Waals surface area contributed by atoms with E-state index in [4.69, 9.17) is 9.97 Å². The van der Waals surface area contributed by atoms with Gasteiger partial charge in [-0.05, 0) is 86.8 Å². The van der Waals surface area contributed by atoms with Gasteiger partial charge in [-0.25, -0.2) is 0 Å².